The van der Waals surface area contributed by atoms with Gasteiger partial charge >= 0.3 is 5.97 Å². The van der Waals surface area contributed by atoms with Crippen LogP contribution in [0.5, 0.6) is 0 Å². The summed E-state index contributed by atoms with van der Waals surface area (Å²) in [5.41, 5.74) is 9.28. The number of para-hydroxylation sites is 1. The molecule has 1 atom stereocenters. The number of esters is 1. The largest absolute Gasteiger partial charge is 0.451 e. The molecular formula is C40H37N3O2. The maximum Gasteiger partial charge on any atom is 0.303 e. The van der Waals surface area contributed by atoms with Crippen molar-refractivity contribution in [1.29, 1.82) is 0 Å². The molecular weight excluding hydrogens is 554 g/mol. The highest BCUT2D eigenvalue weighted by Crippen LogP contribution is 2.44. The maximum atomic E-state index is 12.7. The molecule has 1 unspecified atom stereocenters. The van der Waals surface area contributed by atoms with E-state index in [9.17, 15) is 4.79 Å². The van der Waals surface area contributed by atoms with Crippen LogP contribution in [0.4, 0.5) is 0 Å². The monoisotopic (exact) mass is 591 g/mol. The molecule has 3 heterocycles. The molecule has 45 heavy (non-hydrogen) atoms. The minimum absolute atomic E-state index is 0.326. The third-order valence-electron chi connectivity index (χ3n) is 9.28. The van der Waals surface area contributed by atoms with E-state index in [0.717, 1.165) is 52.9 Å². The average molecular weight is 592 g/mol. The maximum absolute atomic E-state index is 12.7. The lowest BCUT2D eigenvalue weighted by molar-refractivity contribution is -0.145. The minimum atomic E-state index is -0.708. The molecule has 0 saturated heterocycles. The Morgan fingerprint density at radius 1 is 0.822 bits per heavy atom. The lowest BCUT2D eigenvalue weighted by Crippen LogP contribution is -2.38. The van der Waals surface area contributed by atoms with Crippen LogP contribution < -0.4 is 0 Å². The number of ether oxygens (including phenoxy) is 1. The van der Waals surface area contributed by atoms with Gasteiger partial charge in [0.1, 0.15) is 11.2 Å². The molecule has 0 fully saturated rings. The van der Waals surface area contributed by atoms with Crippen LogP contribution in [0.1, 0.15) is 65.7 Å². The SMILES string of the molecule is CCc1c2n(c3ccccc13)C=C(C(OC(C)=O)c1ncn(C(c3ccccc3)(c3ccccc3)c3ccccc3)c1C)CC2. The lowest BCUT2D eigenvalue weighted by Gasteiger charge is -2.38. The number of carbonyl (C=O) groups is 1. The quantitative estimate of drug-likeness (QED) is 0.131. The molecule has 0 bridgehead atoms. The Balaban J connectivity index is 1.44. The first kappa shape index (κ1) is 28.6. The fraction of sp³-hybridized carbons (Fsp3) is 0.200. The van der Waals surface area contributed by atoms with Crippen molar-refractivity contribution in [3.05, 3.63) is 166 Å². The summed E-state index contributed by atoms with van der Waals surface area (Å²) >= 11 is 0. The van der Waals surface area contributed by atoms with Crippen molar-refractivity contribution in [3.8, 4) is 0 Å². The number of aromatic nitrogens is 3. The number of hydrogen-bond donors (Lipinski definition) is 0. The summed E-state index contributed by atoms with van der Waals surface area (Å²) in [6.07, 6.45) is 6.14. The van der Waals surface area contributed by atoms with E-state index >= 15 is 0 Å². The highest BCUT2D eigenvalue weighted by molar-refractivity contribution is 5.88. The van der Waals surface area contributed by atoms with E-state index < -0.39 is 11.6 Å². The van der Waals surface area contributed by atoms with Gasteiger partial charge in [-0.05, 0) is 60.1 Å². The number of carbonyl (C=O) groups excluding carboxylic acids is 1. The Morgan fingerprint density at radius 3 is 1.93 bits per heavy atom. The zero-order valence-electron chi connectivity index (χ0n) is 26.0. The van der Waals surface area contributed by atoms with Gasteiger partial charge in [-0.25, -0.2) is 4.98 Å². The number of rotatable bonds is 8. The normalized spacial score (nSPS) is 13.7. The predicted octanol–water partition coefficient (Wildman–Crippen LogP) is 8.64. The van der Waals surface area contributed by atoms with Crippen LogP contribution in [0.25, 0.3) is 17.1 Å². The summed E-state index contributed by atoms with van der Waals surface area (Å²) in [6.45, 7) is 5.80. The summed E-state index contributed by atoms with van der Waals surface area (Å²) in [7, 11) is 0. The van der Waals surface area contributed by atoms with E-state index in [4.69, 9.17) is 9.72 Å². The van der Waals surface area contributed by atoms with Gasteiger partial charge in [0.15, 0.2) is 6.10 Å². The van der Waals surface area contributed by atoms with Crippen LogP contribution in [0, 0.1) is 6.92 Å². The summed E-state index contributed by atoms with van der Waals surface area (Å²) in [5, 5.41) is 1.29. The van der Waals surface area contributed by atoms with Crippen LogP contribution in [0.3, 0.4) is 0 Å². The van der Waals surface area contributed by atoms with Gasteiger partial charge in [-0.1, -0.05) is 116 Å². The van der Waals surface area contributed by atoms with Gasteiger partial charge in [0.2, 0.25) is 0 Å². The van der Waals surface area contributed by atoms with E-state index in [0.29, 0.717) is 0 Å². The molecule has 4 aromatic carbocycles. The number of hydrogen-bond acceptors (Lipinski definition) is 3. The topological polar surface area (TPSA) is 49.1 Å². The number of fused-ring (bicyclic) bond motifs is 3. The van der Waals surface area contributed by atoms with Crippen molar-refractivity contribution in [3.63, 3.8) is 0 Å². The zero-order valence-corrected chi connectivity index (χ0v) is 26.0. The van der Waals surface area contributed by atoms with Crippen LogP contribution >= 0.6 is 0 Å². The molecule has 0 radical (unpaired) electrons. The van der Waals surface area contributed by atoms with E-state index in [2.05, 4.69) is 126 Å². The smallest absolute Gasteiger partial charge is 0.303 e. The van der Waals surface area contributed by atoms with Gasteiger partial charge in [0.05, 0.1) is 11.8 Å². The molecule has 1 aliphatic rings. The van der Waals surface area contributed by atoms with E-state index in [1.807, 2.05) is 24.5 Å². The fourth-order valence-corrected chi connectivity index (χ4v) is 7.34. The van der Waals surface area contributed by atoms with Gasteiger partial charge in [-0.3, -0.25) is 4.79 Å². The number of aryl methyl sites for hydroxylation is 1. The Kier molecular flexibility index (Phi) is 7.46. The molecule has 1 aliphatic heterocycles. The Bertz CT molecular complexity index is 1910. The van der Waals surface area contributed by atoms with Gasteiger partial charge in [0.25, 0.3) is 0 Å². The summed E-state index contributed by atoms with van der Waals surface area (Å²) in [5.74, 6) is -0.326. The van der Waals surface area contributed by atoms with Crippen LogP contribution in [-0.2, 0) is 27.9 Å². The molecule has 7 rings (SSSR count). The molecule has 6 aromatic rings. The Labute approximate surface area is 264 Å². The second-order valence-electron chi connectivity index (χ2n) is 11.8. The molecule has 224 valence electrons. The molecule has 0 N–H and O–H groups in total. The molecule has 0 saturated carbocycles. The van der Waals surface area contributed by atoms with Crippen molar-refractivity contribution >= 4 is 23.1 Å². The van der Waals surface area contributed by atoms with Crippen molar-refractivity contribution in [2.45, 2.75) is 51.7 Å². The van der Waals surface area contributed by atoms with Gasteiger partial charge in [-0.15, -0.1) is 0 Å². The second-order valence-corrected chi connectivity index (χ2v) is 11.8. The van der Waals surface area contributed by atoms with Crippen molar-refractivity contribution in [2.75, 3.05) is 0 Å². The van der Waals surface area contributed by atoms with E-state index in [-0.39, 0.29) is 5.97 Å². The predicted molar refractivity (Wildman–Crippen MR) is 180 cm³/mol. The molecule has 0 aliphatic carbocycles. The summed E-state index contributed by atoms with van der Waals surface area (Å²) in [4.78, 5) is 17.7. The Morgan fingerprint density at radius 2 is 1.38 bits per heavy atom. The van der Waals surface area contributed by atoms with E-state index in [1.165, 1.54) is 29.1 Å². The average Bonchev–Trinajstić information content (AvgIpc) is 3.62. The standard InChI is InChI=1S/C40H37N3O2/c1-4-34-35-22-14-15-23-36(35)42-26-30(24-25-37(34)42)39(45-29(3)44)38-28(2)43(27-41-38)40(31-16-8-5-9-17-31,32-18-10-6-11-19-32)33-20-12-7-13-21-33/h5-23,26-27,39H,4,24-25H2,1-3H3. The minimum Gasteiger partial charge on any atom is -0.451 e. The van der Waals surface area contributed by atoms with Crippen molar-refractivity contribution < 1.29 is 9.53 Å². The number of benzene rings is 4. The highest BCUT2D eigenvalue weighted by Gasteiger charge is 2.41. The molecule has 2 aromatic heterocycles. The van der Waals surface area contributed by atoms with Crippen LogP contribution in [0.2, 0.25) is 0 Å². The van der Waals surface area contributed by atoms with Crippen molar-refractivity contribution in [2.24, 2.45) is 0 Å². The summed E-state index contributed by atoms with van der Waals surface area (Å²) in [6, 6.07) is 40.3. The molecule has 5 heteroatoms. The zero-order chi connectivity index (χ0) is 31.0. The first-order chi connectivity index (χ1) is 22.0. The van der Waals surface area contributed by atoms with E-state index in [1.54, 1.807) is 0 Å². The third kappa shape index (κ3) is 4.71. The van der Waals surface area contributed by atoms with Crippen LogP contribution in [-0.4, -0.2) is 20.1 Å². The first-order valence-corrected chi connectivity index (χ1v) is 15.7. The number of nitrogens with zero attached hydrogens (tertiary/aromatic N) is 3. The lowest BCUT2D eigenvalue weighted by atomic mass is 9.76. The van der Waals surface area contributed by atoms with Gasteiger partial charge in [0, 0.05) is 29.9 Å². The van der Waals surface area contributed by atoms with Crippen molar-refractivity contribution in [1.82, 2.24) is 14.1 Å². The molecule has 5 nitrogen and oxygen atoms in total. The summed E-state index contributed by atoms with van der Waals surface area (Å²) < 4.78 is 10.7. The second kappa shape index (κ2) is 11.7. The van der Waals surface area contributed by atoms with Gasteiger partial charge in [-0.2, -0.15) is 0 Å². The number of imidazole rings is 1. The third-order valence-corrected chi connectivity index (χ3v) is 9.28. The highest BCUT2D eigenvalue weighted by atomic mass is 16.5. The molecule has 0 amide bonds. The van der Waals surface area contributed by atoms with Crippen LogP contribution in [0.15, 0.2) is 127 Å². The fourth-order valence-electron chi connectivity index (χ4n) is 7.34. The first-order valence-electron chi connectivity index (χ1n) is 15.7. The van der Waals surface area contributed by atoms with Gasteiger partial charge < -0.3 is 13.9 Å². The Hall–Kier alpha value is -5.16. The molecule has 0 spiro atoms.